The van der Waals surface area contributed by atoms with E-state index in [0.717, 1.165) is 39.1 Å². The maximum Gasteiger partial charge on any atom is 0.165 e. The molecule has 0 radical (unpaired) electrons. The first-order valence-corrected chi connectivity index (χ1v) is 16.1. The number of para-hydroxylation sites is 2. The molecule has 1 aliphatic rings. The van der Waals surface area contributed by atoms with Crippen molar-refractivity contribution in [1.82, 2.24) is 14.5 Å². The van der Waals surface area contributed by atoms with Gasteiger partial charge in [-0.25, -0.2) is 9.97 Å². The third-order valence-corrected chi connectivity index (χ3v) is 10.1. The molecule has 3 nitrogen and oxygen atoms in total. The predicted molar refractivity (Wildman–Crippen MR) is 196 cm³/mol. The Bertz CT molecular complexity index is 2870. The number of hydrogen-bond donors (Lipinski definition) is 0. The third kappa shape index (κ3) is 3.30. The van der Waals surface area contributed by atoms with Crippen molar-refractivity contribution in [2.24, 2.45) is 0 Å². The van der Waals surface area contributed by atoms with Crippen LogP contribution in [0.3, 0.4) is 0 Å². The van der Waals surface area contributed by atoms with Crippen molar-refractivity contribution in [2.75, 3.05) is 0 Å². The highest BCUT2D eigenvalue weighted by Gasteiger charge is 2.27. The summed E-state index contributed by atoms with van der Waals surface area (Å²) in [5.41, 5.74) is 11.0. The standard InChI is InChI=1S/C44H25N3/c1-2-14-28-27(11-1)25-35(30-16-4-3-15-29(28)30)43-44(46-37-22-6-5-21-36(37)45-43)47-38-23-9-19-33-31-17-7-12-26-13-8-18-32(40(26)31)34-20-10-24-39(47)42(34)41(33)38/h1-25H. The van der Waals surface area contributed by atoms with Gasteiger partial charge in [-0.15, -0.1) is 0 Å². The Labute approximate surface area is 270 Å². The summed E-state index contributed by atoms with van der Waals surface area (Å²) in [5, 5.41) is 9.89. The monoisotopic (exact) mass is 595 g/mol. The number of benzene rings is 8. The molecule has 8 aromatic carbocycles. The van der Waals surface area contributed by atoms with Gasteiger partial charge in [0.05, 0.1) is 22.1 Å². The zero-order chi connectivity index (χ0) is 30.6. The van der Waals surface area contributed by atoms with Crippen LogP contribution < -0.4 is 0 Å². The molecule has 0 saturated heterocycles. The highest BCUT2D eigenvalue weighted by Crippen LogP contribution is 2.50. The fraction of sp³-hybridized carbons (Fsp3) is 0. The van der Waals surface area contributed by atoms with Crippen molar-refractivity contribution in [2.45, 2.75) is 0 Å². The number of rotatable bonds is 2. The summed E-state index contributed by atoms with van der Waals surface area (Å²) < 4.78 is 2.37. The lowest BCUT2D eigenvalue weighted by atomic mass is 9.93. The van der Waals surface area contributed by atoms with Crippen LogP contribution in [0.4, 0.5) is 0 Å². The Kier molecular flexibility index (Phi) is 4.84. The van der Waals surface area contributed by atoms with Gasteiger partial charge in [-0.05, 0) is 84.9 Å². The molecule has 10 aromatic rings. The van der Waals surface area contributed by atoms with E-state index in [4.69, 9.17) is 9.97 Å². The Morgan fingerprint density at radius 2 is 0.872 bits per heavy atom. The lowest BCUT2D eigenvalue weighted by molar-refractivity contribution is 1.08. The second kappa shape index (κ2) is 9.12. The largest absolute Gasteiger partial charge is 0.292 e. The van der Waals surface area contributed by atoms with Crippen LogP contribution in [-0.4, -0.2) is 14.5 Å². The van der Waals surface area contributed by atoms with Crippen molar-refractivity contribution >= 4 is 65.2 Å². The number of fused-ring (bicyclic) bond motifs is 6. The smallest absolute Gasteiger partial charge is 0.165 e. The molecule has 2 heterocycles. The Morgan fingerprint density at radius 1 is 0.362 bits per heavy atom. The minimum atomic E-state index is 0.838. The van der Waals surface area contributed by atoms with E-state index in [9.17, 15) is 0 Å². The van der Waals surface area contributed by atoms with Crippen LogP contribution in [0, 0.1) is 0 Å². The van der Waals surface area contributed by atoms with Crippen LogP contribution in [0.25, 0.3) is 104 Å². The molecule has 3 heteroatoms. The van der Waals surface area contributed by atoms with Gasteiger partial charge in [-0.2, -0.15) is 0 Å². The molecular weight excluding hydrogens is 571 g/mol. The topological polar surface area (TPSA) is 30.7 Å². The molecule has 0 spiro atoms. The van der Waals surface area contributed by atoms with Gasteiger partial charge in [0.2, 0.25) is 0 Å². The van der Waals surface area contributed by atoms with Gasteiger partial charge in [0.1, 0.15) is 5.69 Å². The van der Waals surface area contributed by atoms with Gasteiger partial charge in [0.15, 0.2) is 5.82 Å². The minimum Gasteiger partial charge on any atom is -0.292 e. The Hall–Kier alpha value is -6.32. The second-order valence-corrected chi connectivity index (χ2v) is 12.5. The van der Waals surface area contributed by atoms with E-state index in [2.05, 4.69) is 144 Å². The van der Waals surface area contributed by atoms with E-state index in [1.54, 1.807) is 0 Å². The SMILES string of the molecule is c1cc2c3c(cccc3c1)-c1cccc3c1c1c-2cccc1n3-c1nc2ccccc2nc1-c1cc2ccccc2c2ccccc12. The van der Waals surface area contributed by atoms with Crippen LogP contribution in [0.15, 0.2) is 152 Å². The maximum atomic E-state index is 5.47. The van der Waals surface area contributed by atoms with E-state index in [1.165, 1.54) is 65.3 Å². The van der Waals surface area contributed by atoms with Crippen molar-refractivity contribution in [1.29, 1.82) is 0 Å². The van der Waals surface area contributed by atoms with Crippen LogP contribution in [0.2, 0.25) is 0 Å². The number of nitrogens with zero attached hydrogens (tertiary/aromatic N) is 3. The van der Waals surface area contributed by atoms with Gasteiger partial charge in [0.25, 0.3) is 0 Å². The summed E-state index contributed by atoms with van der Waals surface area (Å²) in [7, 11) is 0. The first-order chi connectivity index (χ1) is 23.3. The summed E-state index contributed by atoms with van der Waals surface area (Å²) in [4.78, 5) is 10.9. The molecule has 1 aliphatic carbocycles. The summed E-state index contributed by atoms with van der Waals surface area (Å²) in [6, 6.07) is 54.7. The Morgan fingerprint density at radius 3 is 1.55 bits per heavy atom. The van der Waals surface area contributed by atoms with Crippen LogP contribution in [0.5, 0.6) is 0 Å². The van der Waals surface area contributed by atoms with Gasteiger partial charge in [-0.3, -0.25) is 4.57 Å². The molecule has 0 unspecified atom stereocenters. The van der Waals surface area contributed by atoms with Crippen LogP contribution in [0.1, 0.15) is 0 Å². The highest BCUT2D eigenvalue weighted by molar-refractivity contribution is 6.27. The van der Waals surface area contributed by atoms with Crippen molar-refractivity contribution in [3.8, 4) is 39.3 Å². The summed E-state index contributed by atoms with van der Waals surface area (Å²) in [6.45, 7) is 0. The van der Waals surface area contributed by atoms with Crippen LogP contribution >= 0.6 is 0 Å². The normalized spacial score (nSPS) is 12.3. The fourth-order valence-corrected chi connectivity index (χ4v) is 8.15. The molecule has 47 heavy (non-hydrogen) atoms. The minimum absolute atomic E-state index is 0.838. The summed E-state index contributed by atoms with van der Waals surface area (Å²) in [5.74, 6) is 0.838. The van der Waals surface area contributed by atoms with E-state index < -0.39 is 0 Å². The molecular formula is C44H25N3. The Balaban J connectivity index is 1.34. The zero-order valence-electron chi connectivity index (χ0n) is 25.3. The quantitative estimate of drug-likeness (QED) is 0.186. The van der Waals surface area contributed by atoms with Crippen molar-refractivity contribution in [3.05, 3.63) is 152 Å². The third-order valence-electron chi connectivity index (χ3n) is 10.1. The molecule has 0 bridgehead atoms. The molecule has 0 N–H and O–H groups in total. The second-order valence-electron chi connectivity index (χ2n) is 12.5. The van der Waals surface area contributed by atoms with E-state index in [1.807, 2.05) is 12.1 Å². The lowest BCUT2D eigenvalue weighted by Gasteiger charge is -2.17. The molecule has 216 valence electrons. The average molecular weight is 596 g/mol. The molecule has 0 atom stereocenters. The van der Waals surface area contributed by atoms with Gasteiger partial charge >= 0.3 is 0 Å². The average Bonchev–Trinajstić information content (AvgIpc) is 3.42. The van der Waals surface area contributed by atoms with Crippen molar-refractivity contribution < 1.29 is 0 Å². The van der Waals surface area contributed by atoms with Crippen molar-refractivity contribution in [3.63, 3.8) is 0 Å². The molecule has 0 amide bonds. The summed E-state index contributed by atoms with van der Waals surface area (Å²) in [6.07, 6.45) is 0. The highest BCUT2D eigenvalue weighted by atomic mass is 15.1. The molecule has 0 saturated carbocycles. The van der Waals surface area contributed by atoms with Crippen LogP contribution in [-0.2, 0) is 0 Å². The molecule has 2 aromatic heterocycles. The predicted octanol–water partition coefficient (Wildman–Crippen LogP) is 11.5. The number of aromatic nitrogens is 3. The lowest BCUT2D eigenvalue weighted by Crippen LogP contribution is -2.04. The maximum absolute atomic E-state index is 5.47. The van der Waals surface area contributed by atoms with Gasteiger partial charge in [-0.1, -0.05) is 121 Å². The number of hydrogen-bond acceptors (Lipinski definition) is 2. The van der Waals surface area contributed by atoms with Gasteiger partial charge < -0.3 is 0 Å². The van der Waals surface area contributed by atoms with E-state index >= 15 is 0 Å². The fourth-order valence-electron chi connectivity index (χ4n) is 8.15. The first-order valence-electron chi connectivity index (χ1n) is 16.1. The zero-order valence-corrected chi connectivity index (χ0v) is 25.3. The molecule has 0 aliphatic heterocycles. The molecule has 11 rings (SSSR count). The van der Waals surface area contributed by atoms with E-state index in [0.29, 0.717) is 0 Å². The van der Waals surface area contributed by atoms with Gasteiger partial charge in [0, 0.05) is 16.3 Å². The van der Waals surface area contributed by atoms with E-state index in [-0.39, 0.29) is 0 Å². The molecule has 0 fully saturated rings. The summed E-state index contributed by atoms with van der Waals surface area (Å²) >= 11 is 0. The first kappa shape index (κ1) is 24.9.